The first-order valence-corrected chi connectivity index (χ1v) is 6.85. The molecule has 2 aliphatic rings. The van der Waals surface area contributed by atoms with Gasteiger partial charge in [-0.1, -0.05) is 24.3 Å². The largest absolute Gasteiger partial charge is 0.381 e. The van der Waals surface area contributed by atoms with Gasteiger partial charge in [0.1, 0.15) is 0 Å². The van der Waals surface area contributed by atoms with E-state index in [1.165, 1.54) is 37.7 Å². The maximum atomic E-state index is 5.42. The van der Waals surface area contributed by atoms with Crippen LogP contribution in [0.15, 0.2) is 24.3 Å². The highest BCUT2D eigenvalue weighted by Crippen LogP contribution is 2.30. The standard InChI is InChI=1S/C15H21NO/c1-2-6-14-12(4-1)5-3-7-15(14)16-13-8-10-17-11-9-13/h1-2,4,6,13,15-16H,3,5,7-11H2. The van der Waals surface area contributed by atoms with Gasteiger partial charge < -0.3 is 10.1 Å². The number of rotatable bonds is 2. The molecule has 0 aromatic heterocycles. The summed E-state index contributed by atoms with van der Waals surface area (Å²) in [5.41, 5.74) is 3.08. The summed E-state index contributed by atoms with van der Waals surface area (Å²) < 4.78 is 5.42. The van der Waals surface area contributed by atoms with Crippen molar-refractivity contribution in [3.63, 3.8) is 0 Å². The van der Waals surface area contributed by atoms with Crippen molar-refractivity contribution in [2.45, 2.75) is 44.2 Å². The van der Waals surface area contributed by atoms with Crippen LogP contribution in [0.1, 0.15) is 42.9 Å². The molecular weight excluding hydrogens is 210 g/mol. The molecule has 0 saturated carbocycles. The molecule has 92 valence electrons. The van der Waals surface area contributed by atoms with Gasteiger partial charge in [0, 0.05) is 25.3 Å². The Hall–Kier alpha value is -0.860. The van der Waals surface area contributed by atoms with E-state index in [-0.39, 0.29) is 0 Å². The number of hydrogen-bond acceptors (Lipinski definition) is 2. The van der Waals surface area contributed by atoms with Gasteiger partial charge in [-0.05, 0) is 43.2 Å². The Balaban J connectivity index is 1.71. The lowest BCUT2D eigenvalue weighted by Crippen LogP contribution is -2.38. The van der Waals surface area contributed by atoms with Crippen molar-refractivity contribution in [3.05, 3.63) is 35.4 Å². The van der Waals surface area contributed by atoms with Gasteiger partial charge in [0.2, 0.25) is 0 Å². The van der Waals surface area contributed by atoms with Crippen LogP contribution in [0.2, 0.25) is 0 Å². The van der Waals surface area contributed by atoms with Gasteiger partial charge in [0.25, 0.3) is 0 Å². The second-order valence-electron chi connectivity index (χ2n) is 5.20. The molecular formula is C15H21NO. The number of ether oxygens (including phenoxy) is 1. The van der Waals surface area contributed by atoms with Crippen LogP contribution in [0.4, 0.5) is 0 Å². The van der Waals surface area contributed by atoms with Gasteiger partial charge in [-0.2, -0.15) is 0 Å². The molecule has 1 aromatic rings. The minimum atomic E-state index is 0.572. The number of aryl methyl sites for hydroxylation is 1. The number of fused-ring (bicyclic) bond motifs is 1. The predicted molar refractivity (Wildman–Crippen MR) is 69.1 cm³/mol. The third-order valence-electron chi connectivity index (χ3n) is 4.03. The smallest absolute Gasteiger partial charge is 0.0480 e. The molecule has 1 aromatic carbocycles. The fourth-order valence-electron chi connectivity index (χ4n) is 3.08. The first-order chi connectivity index (χ1) is 8.43. The zero-order valence-electron chi connectivity index (χ0n) is 10.3. The van der Waals surface area contributed by atoms with Crippen LogP contribution in [0.3, 0.4) is 0 Å². The molecule has 0 radical (unpaired) electrons. The molecule has 2 heteroatoms. The summed E-state index contributed by atoms with van der Waals surface area (Å²) in [4.78, 5) is 0. The molecule has 17 heavy (non-hydrogen) atoms. The molecule has 1 heterocycles. The summed E-state index contributed by atoms with van der Waals surface area (Å²) in [7, 11) is 0. The highest BCUT2D eigenvalue weighted by molar-refractivity contribution is 5.32. The summed E-state index contributed by atoms with van der Waals surface area (Å²) in [5.74, 6) is 0. The van der Waals surface area contributed by atoms with Crippen molar-refractivity contribution in [2.75, 3.05) is 13.2 Å². The van der Waals surface area contributed by atoms with Crippen LogP contribution < -0.4 is 5.32 Å². The molecule has 1 aliphatic heterocycles. The quantitative estimate of drug-likeness (QED) is 0.845. The second kappa shape index (κ2) is 5.19. The summed E-state index contributed by atoms with van der Waals surface area (Å²) in [5, 5.41) is 3.83. The number of benzene rings is 1. The number of hydrogen-bond donors (Lipinski definition) is 1. The van der Waals surface area contributed by atoms with Crippen molar-refractivity contribution in [1.82, 2.24) is 5.32 Å². The van der Waals surface area contributed by atoms with Gasteiger partial charge in [0.15, 0.2) is 0 Å². The zero-order valence-corrected chi connectivity index (χ0v) is 10.3. The van der Waals surface area contributed by atoms with E-state index in [0.29, 0.717) is 12.1 Å². The average molecular weight is 231 g/mol. The molecule has 1 fully saturated rings. The first kappa shape index (κ1) is 11.2. The Morgan fingerprint density at radius 3 is 2.76 bits per heavy atom. The molecule has 0 spiro atoms. The minimum absolute atomic E-state index is 0.572. The lowest BCUT2D eigenvalue weighted by atomic mass is 9.87. The highest BCUT2D eigenvalue weighted by atomic mass is 16.5. The van der Waals surface area contributed by atoms with E-state index >= 15 is 0 Å². The van der Waals surface area contributed by atoms with Crippen molar-refractivity contribution < 1.29 is 4.74 Å². The molecule has 1 aliphatic carbocycles. The van der Waals surface area contributed by atoms with Crippen LogP contribution in [-0.4, -0.2) is 19.3 Å². The SMILES string of the molecule is c1ccc2c(c1)CCCC2NC1CCOCC1. The average Bonchev–Trinajstić information content (AvgIpc) is 2.40. The fourth-order valence-corrected chi connectivity index (χ4v) is 3.08. The minimum Gasteiger partial charge on any atom is -0.381 e. The Morgan fingerprint density at radius 2 is 1.88 bits per heavy atom. The molecule has 2 nitrogen and oxygen atoms in total. The van der Waals surface area contributed by atoms with E-state index in [1.54, 1.807) is 5.56 Å². The first-order valence-electron chi connectivity index (χ1n) is 6.85. The molecule has 1 atom stereocenters. The van der Waals surface area contributed by atoms with Crippen molar-refractivity contribution in [2.24, 2.45) is 0 Å². The van der Waals surface area contributed by atoms with Crippen LogP contribution in [0.5, 0.6) is 0 Å². The molecule has 0 bridgehead atoms. The van der Waals surface area contributed by atoms with Gasteiger partial charge in [-0.3, -0.25) is 0 Å². The summed E-state index contributed by atoms with van der Waals surface area (Å²) in [6, 6.07) is 10.1. The lowest BCUT2D eigenvalue weighted by molar-refractivity contribution is 0.0741. The van der Waals surface area contributed by atoms with Crippen LogP contribution in [0.25, 0.3) is 0 Å². The molecule has 3 rings (SSSR count). The second-order valence-corrected chi connectivity index (χ2v) is 5.20. The van der Waals surface area contributed by atoms with E-state index in [9.17, 15) is 0 Å². The predicted octanol–water partition coefficient (Wildman–Crippen LogP) is 2.83. The van der Waals surface area contributed by atoms with E-state index in [4.69, 9.17) is 4.74 Å². The third kappa shape index (κ3) is 2.53. The van der Waals surface area contributed by atoms with Crippen molar-refractivity contribution in [1.29, 1.82) is 0 Å². The molecule has 1 N–H and O–H groups in total. The molecule has 1 unspecified atom stereocenters. The zero-order chi connectivity index (χ0) is 11.5. The maximum absolute atomic E-state index is 5.42. The summed E-state index contributed by atoms with van der Waals surface area (Å²) in [6.07, 6.45) is 6.19. The van der Waals surface area contributed by atoms with Gasteiger partial charge in [-0.25, -0.2) is 0 Å². The Bertz CT molecular complexity index is 371. The Kier molecular flexibility index (Phi) is 3.44. The van der Waals surface area contributed by atoms with Crippen molar-refractivity contribution in [3.8, 4) is 0 Å². The Labute approximate surface area is 103 Å². The Morgan fingerprint density at radius 1 is 1.06 bits per heavy atom. The van der Waals surface area contributed by atoms with Crippen LogP contribution >= 0.6 is 0 Å². The van der Waals surface area contributed by atoms with Gasteiger partial charge >= 0.3 is 0 Å². The summed E-state index contributed by atoms with van der Waals surface area (Å²) >= 11 is 0. The van der Waals surface area contributed by atoms with E-state index in [0.717, 1.165) is 13.2 Å². The molecule has 1 saturated heterocycles. The monoisotopic (exact) mass is 231 g/mol. The molecule has 0 amide bonds. The lowest BCUT2D eigenvalue weighted by Gasteiger charge is -2.32. The highest BCUT2D eigenvalue weighted by Gasteiger charge is 2.23. The maximum Gasteiger partial charge on any atom is 0.0480 e. The van der Waals surface area contributed by atoms with E-state index in [2.05, 4.69) is 29.6 Å². The fraction of sp³-hybridized carbons (Fsp3) is 0.600. The van der Waals surface area contributed by atoms with Crippen LogP contribution in [-0.2, 0) is 11.2 Å². The normalized spacial score (nSPS) is 25.5. The van der Waals surface area contributed by atoms with E-state index < -0.39 is 0 Å². The van der Waals surface area contributed by atoms with Crippen molar-refractivity contribution >= 4 is 0 Å². The van der Waals surface area contributed by atoms with Gasteiger partial charge in [0.05, 0.1) is 0 Å². The van der Waals surface area contributed by atoms with Gasteiger partial charge in [-0.15, -0.1) is 0 Å². The van der Waals surface area contributed by atoms with Crippen LogP contribution in [0, 0.1) is 0 Å². The van der Waals surface area contributed by atoms with E-state index in [1.807, 2.05) is 0 Å². The third-order valence-corrected chi connectivity index (χ3v) is 4.03. The topological polar surface area (TPSA) is 21.3 Å². The summed E-state index contributed by atoms with van der Waals surface area (Å²) in [6.45, 7) is 1.85. The number of nitrogens with one attached hydrogen (secondary N) is 1.